The highest BCUT2D eigenvalue weighted by molar-refractivity contribution is 5.28. The van der Waals surface area contributed by atoms with Crippen LogP contribution < -0.4 is 0 Å². The van der Waals surface area contributed by atoms with Gasteiger partial charge in [0.15, 0.2) is 0 Å². The topological polar surface area (TPSA) is 40.5 Å². The minimum absolute atomic E-state index is 0.0774. The third-order valence-electron chi connectivity index (χ3n) is 3.26. The molecule has 2 N–H and O–H groups in total. The number of hydrogen-bond donors (Lipinski definition) is 2. The van der Waals surface area contributed by atoms with E-state index in [1.165, 1.54) is 0 Å². The van der Waals surface area contributed by atoms with E-state index in [1.807, 2.05) is 43.3 Å². The number of phenols is 1. The summed E-state index contributed by atoms with van der Waals surface area (Å²) in [4.78, 5) is 0. The Morgan fingerprint density at radius 2 is 1.72 bits per heavy atom. The summed E-state index contributed by atoms with van der Waals surface area (Å²) in [6, 6.07) is 17.0. The molecule has 0 heterocycles. The van der Waals surface area contributed by atoms with Crippen LogP contribution in [0, 0.1) is 0 Å². The lowest BCUT2D eigenvalue weighted by Gasteiger charge is -2.19. The maximum Gasteiger partial charge on any atom is 0.115 e. The summed E-state index contributed by atoms with van der Waals surface area (Å²) >= 11 is 0. The molecular formula is C16H18O2. The van der Waals surface area contributed by atoms with E-state index in [0.29, 0.717) is 6.42 Å². The summed E-state index contributed by atoms with van der Waals surface area (Å²) in [5.41, 5.74) is 2.08. The van der Waals surface area contributed by atoms with Crippen molar-refractivity contribution in [2.24, 2.45) is 0 Å². The van der Waals surface area contributed by atoms with Crippen molar-refractivity contribution in [1.29, 1.82) is 0 Å². The van der Waals surface area contributed by atoms with Crippen molar-refractivity contribution >= 4 is 0 Å². The molecule has 0 bridgehead atoms. The van der Waals surface area contributed by atoms with E-state index in [9.17, 15) is 10.2 Å². The monoisotopic (exact) mass is 242 g/mol. The van der Waals surface area contributed by atoms with E-state index in [2.05, 4.69) is 0 Å². The van der Waals surface area contributed by atoms with Crippen molar-refractivity contribution in [2.45, 2.75) is 25.4 Å². The molecule has 0 aliphatic heterocycles. The van der Waals surface area contributed by atoms with Crippen LogP contribution in [0.1, 0.15) is 24.0 Å². The number of hydrogen-bond acceptors (Lipinski definition) is 2. The molecule has 2 aromatic rings. The Hall–Kier alpha value is -1.80. The highest BCUT2D eigenvalue weighted by Gasteiger charge is 2.16. The molecule has 0 fully saturated rings. The van der Waals surface area contributed by atoms with Crippen LogP contribution in [0.2, 0.25) is 0 Å². The summed E-state index contributed by atoms with van der Waals surface area (Å²) < 4.78 is 0. The minimum Gasteiger partial charge on any atom is -0.508 e. The first-order valence-corrected chi connectivity index (χ1v) is 6.18. The lowest BCUT2D eigenvalue weighted by Crippen LogP contribution is -2.18. The van der Waals surface area contributed by atoms with Crippen LogP contribution >= 0.6 is 0 Å². The first kappa shape index (κ1) is 12.7. The molecule has 2 nitrogen and oxygen atoms in total. The molecule has 0 aromatic heterocycles. The van der Waals surface area contributed by atoms with Gasteiger partial charge in [0.2, 0.25) is 0 Å². The zero-order valence-electron chi connectivity index (χ0n) is 10.5. The van der Waals surface area contributed by atoms with Crippen LogP contribution in [0.3, 0.4) is 0 Å². The predicted octanol–water partition coefficient (Wildman–Crippen LogP) is 3.10. The average Bonchev–Trinajstić information content (AvgIpc) is 2.39. The number of benzene rings is 2. The first-order valence-electron chi connectivity index (χ1n) is 6.18. The third kappa shape index (κ3) is 3.11. The van der Waals surface area contributed by atoms with Gasteiger partial charge >= 0.3 is 0 Å². The Morgan fingerprint density at radius 1 is 1.00 bits per heavy atom. The summed E-state index contributed by atoms with van der Waals surface area (Å²) in [6.07, 6.45) is 0.0963. The summed E-state index contributed by atoms with van der Waals surface area (Å²) in [5, 5.41) is 19.6. The van der Waals surface area contributed by atoms with Crippen LogP contribution in [0.15, 0.2) is 54.6 Å². The van der Waals surface area contributed by atoms with Crippen LogP contribution in [0.5, 0.6) is 5.75 Å². The van der Waals surface area contributed by atoms with Gasteiger partial charge < -0.3 is 10.2 Å². The number of aliphatic hydroxyl groups excluding tert-OH is 1. The maximum atomic E-state index is 10.2. The molecule has 0 aliphatic carbocycles. The van der Waals surface area contributed by atoms with Gasteiger partial charge in [-0.15, -0.1) is 0 Å². The molecule has 0 radical (unpaired) electrons. The first-order chi connectivity index (χ1) is 8.66. The van der Waals surface area contributed by atoms with Gasteiger partial charge in [-0.25, -0.2) is 0 Å². The number of aliphatic hydroxyl groups is 1. The largest absolute Gasteiger partial charge is 0.508 e. The van der Waals surface area contributed by atoms with E-state index < -0.39 is 6.10 Å². The summed E-state index contributed by atoms with van der Waals surface area (Å²) in [5.74, 6) is 0.320. The van der Waals surface area contributed by atoms with Gasteiger partial charge in [0, 0.05) is 5.92 Å². The van der Waals surface area contributed by atoms with Gasteiger partial charge in [0.1, 0.15) is 5.75 Å². The normalized spacial score (nSPS) is 14.1. The van der Waals surface area contributed by atoms with Crippen LogP contribution in [-0.2, 0) is 6.42 Å². The molecule has 2 atom stereocenters. The lowest BCUT2D eigenvalue weighted by atomic mass is 9.91. The van der Waals surface area contributed by atoms with Crippen molar-refractivity contribution < 1.29 is 10.2 Å². The molecule has 0 spiro atoms. The van der Waals surface area contributed by atoms with Crippen molar-refractivity contribution in [3.63, 3.8) is 0 Å². The fraction of sp³-hybridized carbons (Fsp3) is 0.250. The van der Waals surface area contributed by atoms with E-state index in [0.717, 1.165) is 11.1 Å². The van der Waals surface area contributed by atoms with Gasteiger partial charge in [-0.1, -0.05) is 49.4 Å². The number of rotatable bonds is 4. The van der Waals surface area contributed by atoms with E-state index in [4.69, 9.17) is 0 Å². The van der Waals surface area contributed by atoms with Crippen molar-refractivity contribution in [2.75, 3.05) is 0 Å². The Balaban J connectivity index is 2.06. The Kier molecular flexibility index (Phi) is 4.00. The van der Waals surface area contributed by atoms with Gasteiger partial charge in [-0.05, 0) is 29.7 Å². The van der Waals surface area contributed by atoms with Crippen LogP contribution in [0.4, 0.5) is 0 Å². The standard InChI is InChI=1S/C16H18O2/c1-12(14-7-3-2-4-8-14)16(18)11-13-6-5-9-15(17)10-13/h2-10,12,16-18H,11H2,1H3. The summed E-state index contributed by atoms with van der Waals surface area (Å²) in [7, 11) is 0. The molecule has 2 rings (SSSR count). The highest BCUT2D eigenvalue weighted by atomic mass is 16.3. The van der Waals surface area contributed by atoms with Gasteiger partial charge in [0.25, 0.3) is 0 Å². The molecule has 0 amide bonds. The van der Waals surface area contributed by atoms with Gasteiger partial charge in [-0.2, -0.15) is 0 Å². The molecule has 0 saturated carbocycles. The lowest BCUT2D eigenvalue weighted by molar-refractivity contribution is 0.149. The molecule has 0 aliphatic rings. The van der Waals surface area contributed by atoms with Gasteiger partial charge in [-0.3, -0.25) is 0 Å². The molecule has 0 saturated heterocycles. The summed E-state index contributed by atoms with van der Waals surface area (Å²) in [6.45, 7) is 2.02. The number of phenolic OH excluding ortho intramolecular Hbond substituents is 1. The smallest absolute Gasteiger partial charge is 0.115 e. The number of aromatic hydroxyl groups is 1. The second kappa shape index (κ2) is 5.69. The zero-order valence-corrected chi connectivity index (χ0v) is 10.5. The third-order valence-corrected chi connectivity index (χ3v) is 3.26. The quantitative estimate of drug-likeness (QED) is 0.865. The average molecular weight is 242 g/mol. The zero-order chi connectivity index (χ0) is 13.0. The Labute approximate surface area is 108 Å². The molecule has 2 heteroatoms. The minimum atomic E-state index is -0.450. The second-order valence-corrected chi connectivity index (χ2v) is 4.64. The molecule has 18 heavy (non-hydrogen) atoms. The van der Waals surface area contributed by atoms with E-state index in [-0.39, 0.29) is 11.7 Å². The molecular weight excluding hydrogens is 224 g/mol. The van der Waals surface area contributed by atoms with Crippen LogP contribution in [-0.4, -0.2) is 16.3 Å². The highest BCUT2D eigenvalue weighted by Crippen LogP contribution is 2.22. The molecule has 2 unspecified atom stereocenters. The SMILES string of the molecule is CC(c1ccccc1)C(O)Cc1cccc(O)c1. The molecule has 2 aromatic carbocycles. The predicted molar refractivity (Wildman–Crippen MR) is 72.7 cm³/mol. The molecule has 94 valence electrons. The Bertz CT molecular complexity index is 493. The van der Waals surface area contributed by atoms with Crippen LogP contribution in [0.25, 0.3) is 0 Å². The Morgan fingerprint density at radius 3 is 2.39 bits per heavy atom. The van der Waals surface area contributed by atoms with Gasteiger partial charge in [0.05, 0.1) is 6.10 Å². The van der Waals surface area contributed by atoms with E-state index in [1.54, 1.807) is 18.2 Å². The van der Waals surface area contributed by atoms with Crippen molar-refractivity contribution in [1.82, 2.24) is 0 Å². The van der Waals surface area contributed by atoms with Crippen molar-refractivity contribution in [3.8, 4) is 5.75 Å². The second-order valence-electron chi connectivity index (χ2n) is 4.64. The fourth-order valence-electron chi connectivity index (χ4n) is 2.08. The maximum absolute atomic E-state index is 10.2. The van der Waals surface area contributed by atoms with E-state index >= 15 is 0 Å². The fourth-order valence-corrected chi connectivity index (χ4v) is 2.08. The van der Waals surface area contributed by atoms with Crippen molar-refractivity contribution in [3.05, 3.63) is 65.7 Å².